The molecule has 0 unspecified atom stereocenters. The molecule has 0 saturated carbocycles. The molecule has 4 aromatic rings. The van der Waals surface area contributed by atoms with Gasteiger partial charge in [0.25, 0.3) is 5.91 Å². The third kappa shape index (κ3) is 4.92. The maximum absolute atomic E-state index is 12.7. The normalized spacial score (nSPS) is 10.7. The van der Waals surface area contributed by atoms with Gasteiger partial charge in [-0.1, -0.05) is 47.7 Å². The van der Waals surface area contributed by atoms with Crippen LogP contribution < -0.4 is 5.32 Å². The van der Waals surface area contributed by atoms with Crippen LogP contribution in [0, 0.1) is 13.8 Å². The van der Waals surface area contributed by atoms with Crippen molar-refractivity contribution in [1.29, 1.82) is 0 Å². The number of rotatable bonds is 7. The van der Waals surface area contributed by atoms with Crippen molar-refractivity contribution in [3.8, 4) is 5.69 Å². The lowest BCUT2D eigenvalue weighted by Crippen LogP contribution is -2.12. The number of aryl methyl sites for hydroxylation is 2. The number of anilines is 1. The molecule has 0 fully saturated rings. The Kier molecular flexibility index (Phi) is 6.42. The van der Waals surface area contributed by atoms with E-state index in [1.807, 2.05) is 44.2 Å². The Balaban J connectivity index is 1.39. The average molecular weight is 444 g/mol. The Labute approximate surface area is 189 Å². The zero-order valence-electron chi connectivity index (χ0n) is 17.6. The molecule has 0 saturated heterocycles. The van der Waals surface area contributed by atoms with Crippen molar-refractivity contribution in [2.24, 2.45) is 0 Å². The van der Waals surface area contributed by atoms with Crippen molar-refractivity contribution >= 4 is 29.1 Å². The van der Waals surface area contributed by atoms with Gasteiger partial charge in [-0.3, -0.25) is 9.59 Å². The number of Topliss-reactive ketones (excluding diaryl/α,β-unsaturated/α-hetero) is 1. The second-order valence-corrected chi connectivity index (χ2v) is 8.22. The van der Waals surface area contributed by atoms with E-state index in [0.29, 0.717) is 22.0 Å². The van der Waals surface area contributed by atoms with E-state index in [4.69, 9.17) is 0 Å². The van der Waals surface area contributed by atoms with Gasteiger partial charge in [0.05, 0.1) is 11.4 Å². The Morgan fingerprint density at radius 1 is 0.938 bits per heavy atom. The van der Waals surface area contributed by atoms with Gasteiger partial charge in [0.15, 0.2) is 5.78 Å². The molecule has 160 valence electrons. The number of tetrazole rings is 1. The molecule has 0 aliphatic rings. The maximum Gasteiger partial charge on any atom is 0.255 e. The van der Waals surface area contributed by atoms with Gasteiger partial charge in [0, 0.05) is 16.8 Å². The lowest BCUT2D eigenvalue weighted by atomic mass is 10.1. The highest BCUT2D eigenvalue weighted by Crippen LogP contribution is 2.22. The van der Waals surface area contributed by atoms with E-state index in [9.17, 15) is 9.59 Å². The standard InChI is InChI=1S/C24H21N5O2S/c1-16-8-13-21(17(2)14-16)29-24(26-27-28-29)32-15-22(30)18-9-11-20(12-10-18)25-23(31)19-6-4-3-5-7-19/h3-14H,15H2,1-2H3,(H,25,31). The molecule has 1 amide bonds. The number of aromatic nitrogens is 4. The topological polar surface area (TPSA) is 89.8 Å². The molecule has 0 radical (unpaired) electrons. The molecular weight excluding hydrogens is 422 g/mol. The fourth-order valence-electron chi connectivity index (χ4n) is 3.21. The number of thioether (sulfide) groups is 1. The van der Waals surface area contributed by atoms with Gasteiger partial charge >= 0.3 is 0 Å². The molecular formula is C24H21N5O2S. The minimum atomic E-state index is -0.196. The first-order valence-corrected chi connectivity index (χ1v) is 11.0. The quantitative estimate of drug-likeness (QED) is 0.334. The van der Waals surface area contributed by atoms with Crippen molar-refractivity contribution in [2.75, 3.05) is 11.1 Å². The van der Waals surface area contributed by atoms with Gasteiger partial charge in [-0.15, -0.1) is 5.10 Å². The minimum absolute atomic E-state index is 0.0499. The van der Waals surface area contributed by atoms with Crippen LogP contribution in [0.1, 0.15) is 31.8 Å². The van der Waals surface area contributed by atoms with Gasteiger partial charge < -0.3 is 5.32 Å². The molecule has 4 rings (SSSR count). The number of hydrogen-bond acceptors (Lipinski definition) is 6. The summed E-state index contributed by atoms with van der Waals surface area (Å²) in [6.07, 6.45) is 0. The lowest BCUT2D eigenvalue weighted by molar-refractivity contribution is 0.101. The largest absolute Gasteiger partial charge is 0.322 e. The van der Waals surface area contributed by atoms with Gasteiger partial charge in [-0.2, -0.15) is 4.68 Å². The van der Waals surface area contributed by atoms with Gasteiger partial charge in [0.1, 0.15) is 0 Å². The highest BCUT2D eigenvalue weighted by atomic mass is 32.2. The first-order chi connectivity index (χ1) is 15.5. The Bertz CT molecular complexity index is 1250. The van der Waals surface area contributed by atoms with Crippen LogP contribution in [0.4, 0.5) is 5.69 Å². The third-order valence-electron chi connectivity index (χ3n) is 4.85. The number of carbonyl (C=O) groups is 2. The molecule has 3 aromatic carbocycles. The Morgan fingerprint density at radius 2 is 1.69 bits per heavy atom. The van der Waals surface area contributed by atoms with E-state index >= 15 is 0 Å². The van der Waals surface area contributed by atoms with Gasteiger partial charge in [-0.05, 0) is 72.3 Å². The van der Waals surface area contributed by atoms with Crippen molar-refractivity contribution < 1.29 is 9.59 Å². The van der Waals surface area contributed by atoms with Crippen LogP contribution >= 0.6 is 11.8 Å². The number of hydrogen-bond donors (Lipinski definition) is 1. The molecule has 1 N–H and O–H groups in total. The predicted octanol–water partition coefficient (Wildman–Crippen LogP) is 4.51. The van der Waals surface area contributed by atoms with E-state index in [2.05, 4.69) is 26.9 Å². The first-order valence-electron chi connectivity index (χ1n) is 10.00. The van der Waals surface area contributed by atoms with E-state index in [-0.39, 0.29) is 17.4 Å². The molecule has 7 nitrogen and oxygen atoms in total. The van der Waals surface area contributed by atoms with E-state index in [1.165, 1.54) is 11.8 Å². The Morgan fingerprint density at radius 3 is 2.41 bits per heavy atom. The summed E-state index contributed by atoms with van der Waals surface area (Å²) in [5.74, 6) is -0.0503. The maximum atomic E-state index is 12.7. The molecule has 32 heavy (non-hydrogen) atoms. The van der Waals surface area contributed by atoms with E-state index in [0.717, 1.165) is 16.8 Å². The van der Waals surface area contributed by atoms with Crippen molar-refractivity contribution in [2.45, 2.75) is 19.0 Å². The van der Waals surface area contributed by atoms with Crippen LogP contribution in [-0.4, -0.2) is 37.7 Å². The number of ketones is 1. The SMILES string of the molecule is Cc1ccc(-n2nnnc2SCC(=O)c2ccc(NC(=O)c3ccccc3)cc2)c(C)c1. The fourth-order valence-corrected chi connectivity index (χ4v) is 3.99. The van der Waals surface area contributed by atoms with Crippen LogP contribution in [0.25, 0.3) is 5.69 Å². The molecule has 1 aromatic heterocycles. The number of nitrogens with one attached hydrogen (secondary N) is 1. The zero-order valence-corrected chi connectivity index (χ0v) is 18.5. The summed E-state index contributed by atoms with van der Waals surface area (Å²) >= 11 is 1.28. The summed E-state index contributed by atoms with van der Waals surface area (Å²) < 4.78 is 1.65. The van der Waals surface area contributed by atoms with E-state index in [1.54, 1.807) is 41.1 Å². The van der Waals surface area contributed by atoms with Crippen LogP contribution in [0.5, 0.6) is 0 Å². The van der Waals surface area contributed by atoms with Gasteiger partial charge in [-0.25, -0.2) is 0 Å². The number of benzene rings is 3. The minimum Gasteiger partial charge on any atom is -0.322 e. The van der Waals surface area contributed by atoms with Gasteiger partial charge in [0.2, 0.25) is 5.16 Å². The number of nitrogens with zero attached hydrogens (tertiary/aromatic N) is 4. The molecule has 0 spiro atoms. The molecule has 0 aliphatic heterocycles. The van der Waals surface area contributed by atoms with E-state index < -0.39 is 0 Å². The first kappa shape index (κ1) is 21.5. The van der Waals surface area contributed by atoms with Crippen LogP contribution in [0.2, 0.25) is 0 Å². The highest BCUT2D eigenvalue weighted by molar-refractivity contribution is 7.99. The molecule has 0 atom stereocenters. The summed E-state index contributed by atoms with van der Waals surface area (Å²) in [7, 11) is 0. The molecule has 0 aliphatic carbocycles. The zero-order chi connectivity index (χ0) is 22.5. The van der Waals surface area contributed by atoms with Crippen LogP contribution in [0.15, 0.2) is 78.0 Å². The second-order valence-electron chi connectivity index (χ2n) is 7.27. The summed E-state index contributed by atoms with van der Waals surface area (Å²) in [6, 6.07) is 21.9. The summed E-state index contributed by atoms with van der Waals surface area (Å²) in [5.41, 5.74) is 4.85. The molecule has 8 heteroatoms. The van der Waals surface area contributed by atoms with Crippen molar-refractivity contribution in [1.82, 2.24) is 20.2 Å². The Hall–Kier alpha value is -3.78. The van der Waals surface area contributed by atoms with Crippen molar-refractivity contribution in [3.63, 3.8) is 0 Å². The number of amides is 1. The summed E-state index contributed by atoms with van der Waals surface area (Å²) in [4.78, 5) is 24.9. The van der Waals surface area contributed by atoms with Crippen molar-refractivity contribution in [3.05, 3.63) is 95.1 Å². The summed E-state index contributed by atoms with van der Waals surface area (Å²) in [5, 5.41) is 15.3. The van der Waals surface area contributed by atoms with Crippen LogP contribution in [0.3, 0.4) is 0 Å². The second kappa shape index (κ2) is 9.57. The third-order valence-corrected chi connectivity index (χ3v) is 5.77. The lowest BCUT2D eigenvalue weighted by Gasteiger charge is -2.08. The molecule has 1 heterocycles. The fraction of sp³-hybridized carbons (Fsp3) is 0.125. The monoisotopic (exact) mass is 443 g/mol. The average Bonchev–Trinajstić information content (AvgIpc) is 3.27. The summed E-state index contributed by atoms with van der Waals surface area (Å²) in [6.45, 7) is 4.03. The number of carbonyl (C=O) groups excluding carboxylic acids is 2. The highest BCUT2D eigenvalue weighted by Gasteiger charge is 2.14. The predicted molar refractivity (Wildman–Crippen MR) is 125 cm³/mol. The van der Waals surface area contributed by atoms with Crippen LogP contribution in [-0.2, 0) is 0 Å². The molecule has 0 bridgehead atoms. The smallest absolute Gasteiger partial charge is 0.255 e.